The molecule has 0 saturated carbocycles. The van der Waals surface area contributed by atoms with Gasteiger partial charge < -0.3 is 4.74 Å². The molecular weight excluding hydrogens is 396 g/mol. The highest BCUT2D eigenvalue weighted by atomic mass is 32.2. The molecule has 1 aliphatic rings. The minimum Gasteiger partial charge on any atom is -0.490 e. The van der Waals surface area contributed by atoms with Crippen molar-refractivity contribution in [3.05, 3.63) is 69.1 Å². The van der Waals surface area contributed by atoms with Crippen LogP contribution in [0.5, 0.6) is 5.75 Å². The second-order valence-corrected chi connectivity index (χ2v) is 7.84. The van der Waals surface area contributed by atoms with Gasteiger partial charge in [-0.1, -0.05) is 49.1 Å². The number of non-ortho nitro benzene ring substituents is 1. The molecule has 0 aromatic heterocycles. The fourth-order valence-corrected chi connectivity index (χ4v) is 3.85. The molecule has 0 unspecified atom stereocenters. The molecule has 1 aliphatic heterocycles. The number of nitro groups is 1. The number of nitrogens with zero attached hydrogens (tertiary/aromatic N) is 2. The van der Waals surface area contributed by atoms with Crippen LogP contribution in [0.2, 0.25) is 0 Å². The highest BCUT2D eigenvalue weighted by Crippen LogP contribution is 2.37. The number of carbonyl (C=O) groups excluding carboxylic acids is 1. The Kier molecular flexibility index (Phi) is 6.11. The number of para-hydroxylation sites is 1. The van der Waals surface area contributed by atoms with Crippen molar-refractivity contribution in [3.63, 3.8) is 0 Å². The molecule has 0 bridgehead atoms. The summed E-state index contributed by atoms with van der Waals surface area (Å²) in [4.78, 5) is 25.1. The van der Waals surface area contributed by atoms with Crippen LogP contribution >= 0.6 is 24.0 Å². The number of hydrogen-bond acceptors (Lipinski definition) is 6. The number of ether oxygens (including phenoxy) is 1. The number of amides is 1. The van der Waals surface area contributed by atoms with Gasteiger partial charge in [-0.05, 0) is 37.6 Å². The molecule has 2 aromatic rings. The predicted octanol–water partition coefficient (Wildman–Crippen LogP) is 5.18. The number of nitro benzene ring substituents is 1. The summed E-state index contributed by atoms with van der Waals surface area (Å²) in [5.74, 6) is 0.444. The van der Waals surface area contributed by atoms with Crippen LogP contribution in [0, 0.1) is 10.1 Å². The normalized spacial score (nSPS) is 16.5. The topological polar surface area (TPSA) is 72.7 Å². The molecule has 1 fully saturated rings. The summed E-state index contributed by atoms with van der Waals surface area (Å²) in [7, 11) is 0. The van der Waals surface area contributed by atoms with Gasteiger partial charge >= 0.3 is 0 Å². The van der Waals surface area contributed by atoms with E-state index in [2.05, 4.69) is 0 Å². The summed E-state index contributed by atoms with van der Waals surface area (Å²) in [6.45, 7) is 4.04. The second kappa shape index (κ2) is 8.53. The number of hydrogen-bond donors (Lipinski definition) is 0. The molecule has 1 amide bonds. The maximum atomic E-state index is 12.9. The molecule has 8 heteroatoms. The molecule has 1 atom stereocenters. The Labute approximate surface area is 172 Å². The third-order valence-corrected chi connectivity index (χ3v) is 5.52. The molecule has 2 aromatic carbocycles. The number of anilines is 1. The van der Waals surface area contributed by atoms with Gasteiger partial charge in [-0.3, -0.25) is 19.8 Å². The number of thioether (sulfide) groups is 1. The fraction of sp³-hybridized carbons (Fsp3) is 0.200. The first kappa shape index (κ1) is 20.0. The van der Waals surface area contributed by atoms with E-state index in [1.54, 1.807) is 6.08 Å². The van der Waals surface area contributed by atoms with Gasteiger partial charge in [-0.15, -0.1) is 0 Å². The standard InChI is InChI=1S/C20H18N2O4S2/c1-3-13(2)26-17-7-5-4-6-14(17)12-18-19(23)21(20(27)28-18)15-8-10-16(11-9-15)22(24)25/h4-13H,3H2,1-2H3/b18-12-/t13-/m1/s1. The van der Waals surface area contributed by atoms with Crippen molar-refractivity contribution < 1.29 is 14.5 Å². The second-order valence-electron chi connectivity index (χ2n) is 6.17. The quantitative estimate of drug-likeness (QED) is 0.281. The van der Waals surface area contributed by atoms with Gasteiger partial charge in [0.15, 0.2) is 4.32 Å². The van der Waals surface area contributed by atoms with Crippen LogP contribution in [0.15, 0.2) is 53.4 Å². The first-order valence-electron chi connectivity index (χ1n) is 8.68. The zero-order chi connectivity index (χ0) is 20.3. The van der Waals surface area contributed by atoms with Crippen LogP contribution in [0.1, 0.15) is 25.8 Å². The van der Waals surface area contributed by atoms with E-state index < -0.39 is 4.92 Å². The predicted molar refractivity (Wildman–Crippen MR) is 116 cm³/mol. The number of thiocarbonyl (C=S) groups is 1. The highest BCUT2D eigenvalue weighted by Gasteiger charge is 2.33. The van der Waals surface area contributed by atoms with Gasteiger partial charge in [0.25, 0.3) is 11.6 Å². The first-order valence-corrected chi connectivity index (χ1v) is 9.91. The maximum absolute atomic E-state index is 12.9. The van der Waals surface area contributed by atoms with Crippen molar-refractivity contribution >= 4 is 51.7 Å². The first-order chi connectivity index (χ1) is 13.4. The van der Waals surface area contributed by atoms with Crippen molar-refractivity contribution in [2.24, 2.45) is 0 Å². The van der Waals surface area contributed by atoms with E-state index in [0.717, 1.165) is 12.0 Å². The third kappa shape index (κ3) is 4.23. The SMILES string of the molecule is CC[C@@H](C)Oc1ccccc1/C=C1\SC(=S)N(c2ccc([N+](=O)[O-])cc2)C1=O. The van der Waals surface area contributed by atoms with Crippen molar-refractivity contribution in [2.75, 3.05) is 4.90 Å². The van der Waals surface area contributed by atoms with Crippen LogP contribution in [0.25, 0.3) is 6.08 Å². The zero-order valence-electron chi connectivity index (χ0n) is 15.3. The fourth-order valence-electron chi connectivity index (χ4n) is 2.56. The molecule has 28 heavy (non-hydrogen) atoms. The van der Waals surface area contributed by atoms with Crippen molar-refractivity contribution in [3.8, 4) is 5.75 Å². The lowest BCUT2D eigenvalue weighted by Gasteiger charge is -2.15. The van der Waals surface area contributed by atoms with Crippen molar-refractivity contribution in [2.45, 2.75) is 26.4 Å². The summed E-state index contributed by atoms with van der Waals surface area (Å²) in [5.41, 5.74) is 1.26. The van der Waals surface area contributed by atoms with E-state index in [4.69, 9.17) is 17.0 Å². The Morgan fingerprint density at radius 3 is 2.57 bits per heavy atom. The molecule has 0 N–H and O–H groups in total. The third-order valence-electron chi connectivity index (χ3n) is 4.22. The molecule has 3 rings (SSSR count). The monoisotopic (exact) mass is 414 g/mol. The summed E-state index contributed by atoms with van der Waals surface area (Å²) in [6.07, 6.45) is 2.70. The number of rotatable bonds is 6. The van der Waals surface area contributed by atoms with Crippen LogP contribution in [-0.2, 0) is 4.79 Å². The van der Waals surface area contributed by atoms with Crippen molar-refractivity contribution in [1.82, 2.24) is 0 Å². The van der Waals surface area contributed by atoms with E-state index in [0.29, 0.717) is 20.7 Å². The van der Waals surface area contributed by atoms with Gasteiger partial charge in [-0.25, -0.2) is 0 Å². The molecule has 0 spiro atoms. The average molecular weight is 415 g/mol. The molecule has 0 aliphatic carbocycles. The minimum absolute atomic E-state index is 0.0409. The lowest BCUT2D eigenvalue weighted by molar-refractivity contribution is -0.384. The number of benzene rings is 2. The van der Waals surface area contributed by atoms with Crippen LogP contribution in [0.3, 0.4) is 0 Å². The van der Waals surface area contributed by atoms with Gasteiger partial charge in [0.05, 0.1) is 21.6 Å². The van der Waals surface area contributed by atoms with Crippen molar-refractivity contribution in [1.29, 1.82) is 0 Å². The van der Waals surface area contributed by atoms with Crippen LogP contribution < -0.4 is 9.64 Å². The van der Waals surface area contributed by atoms with Gasteiger partial charge in [0.1, 0.15) is 5.75 Å². The molecular formula is C20H18N2O4S2. The molecule has 0 radical (unpaired) electrons. The van der Waals surface area contributed by atoms with Gasteiger partial charge in [0, 0.05) is 17.7 Å². The highest BCUT2D eigenvalue weighted by molar-refractivity contribution is 8.27. The molecule has 6 nitrogen and oxygen atoms in total. The largest absolute Gasteiger partial charge is 0.490 e. The molecule has 1 saturated heterocycles. The Morgan fingerprint density at radius 1 is 1.25 bits per heavy atom. The zero-order valence-corrected chi connectivity index (χ0v) is 17.0. The maximum Gasteiger partial charge on any atom is 0.270 e. The Balaban J connectivity index is 1.89. The molecule has 144 valence electrons. The van der Waals surface area contributed by atoms with Crippen LogP contribution in [-0.4, -0.2) is 21.3 Å². The van der Waals surface area contributed by atoms with E-state index in [1.807, 2.05) is 38.1 Å². The van der Waals surface area contributed by atoms with E-state index in [-0.39, 0.29) is 17.7 Å². The average Bonchev–Trinajstić information content (AvgIpc) is 2.96. The van der Waals surface area contributed by atoms with E-state index in [9.17, 15) is 14.9 Å². The Morgan fingerprint density at radius 2 is 1.93 bits per heavy atom. The van der Waals surface area contributed by atoms with E-state index in [1.165, 1.54) is 40.9 Å². The molecule has 1 heterocycles. The van der Waals surface area contributed by atoms with Crippen LogP contribution in [0.4, 0.5) is 11.4 Å². The summed E-state index contributed by atoms with van der Waals surface area (Å²) >= 11 is 6.56. The summed E-state index contributed by atoms with van der Waals surface area (Å²) in [6, 6.07) is 13.3. The lowest BCUT2D eigenvalue weighted by Crippen LogP contribution is -2.27. The Bertz CT molecular complexity index is 957. The van der Waals surface area contributed by atoms with E-state index >= 15 is 0 Å². The van der Waals surface area contributed by atoms with Gasteiger partial charge in [-0.2, -0.15) is 0 Å². The lowest BCUT2D eigenvalue weighted by atomic mass is 10.1. The number of carbonyl (C=O) groups is 1. The van der Waals surface area contributed by atoms with Gasteiger partial charge in [0.2, 0.25) is 0 Å². The smallest absolute Gasteiger partial charge is 0.270 e. The minimum atomic E-state index is -0.484. The summed E-state index contributed by atoms with van der Waals surface area (Å²) < 4.78 is 6.32. The Hall–Kier alpha value is -2.71. The summed E-state index contributed by atoms with van der Waals surface area (Å²) in [5, 5.41) is 10.8.